The van der Waals surface area contributed by atoms with Gasteiger partial charge in [-0.3, -0.25) is 14.6 Å². The second kappa shape index (κ2) is 7.72. The smallest absolute Gasteiger partial charge is 0.325 e. The van der Waals surface area contributed by atoms with E-state index in [0.29, 0.717) is 0 Å². The summed E-state index contributed by atoms with van der Waals surface area (Å²) in [7, 11) is 0. The van der Waals surface area contributed by atoms with Crippen molar-refractivity contribution < 1.29 is 9.90 Å². The number of nitrogens with one attached hydrogen (secondary N) is 1. The van der Waals surface area contributed by atoms with Crippen LogP contribution in [0.3, 0.4) is 0 Å². The molecule has 140 valence electrons. The molecule has 0 spiro atoms. The first-order chi connectivity index (χ1) is 13.1. The fourth-order valence-corrected chi connectivity index (χ4v) is 4.09. The number of para-hydroxylation sites is 1. The molecule has 1 aromatic heterocycles. The third kappa shape index (κ3) is 3.86. The molecular formula is C21H22ClN3O2. The maximum atomic E-state index is 12.1. The first-order valence-corrected chi connectivity index (χ1v) is 9.49. The van der Waals surface area contributed by atoms with Gasteiger partial charge >= 0.3 is 5.97 Å². The Morgan fingerprint density at radius 1 is 1.11 bits per heavy atom. The van der Waals surface area contributed by atoms with Crippen LogP contribution in [0.5, 0.6) is 0 Å². The highest BCUT2D eigenvalue weighted by Crippen LogP contribution is 2.29. The van der Waals surface area contributed by atoms with Gasteiger partial charge in [-0.2, -0.15) is 0 Å². The van der Waals surface area contributed by atoms with E-state index in [-0.39, 0.29) is 0 Å². The number of nitrogens with zero attached hydrogens (tertiary/aromatic N) is 2. The van der Waals surface area contributed by atoms with Crippen LogP contribution in [0.1, 0.15) is 17.2 Å². The Morgan fingerprint density at radius 2 is 1.89 bits per heavy atom. The lowest BCUT2D eigenvalue weighted by Crippen LogP contribution is -2.48. The highest BCUT2D eigenvalue weighted by atomic mass is 35.5. The topological polar surface area (TPSA) is 59.6 Å². The standard InChI is InChI=1S/C21H22ClN3O2/c22-16-5-3-4-15(12-16)14-24-8-10-25(11-9-24)20(21(26)27)18-13-23-19-7-2-1-6-17(18)19/h1-7,12-13,20,23H,8-11,14H2,(H,26,27). The molecule has 27 heavy (non-hydrogen) atoms. The molecule has 4 rings (SSSR count). The fraction of sp³-hybridized carbons (Fsp3) is 0.286. The molecule has 2 heterocycles. The number of carbonyl (C=O) groups is 1. The Balaban J connectivity index is 1.47. The number of benzene rings is 2. The van der Waals surface area contributed by atoms with E-state index in [0.717, 1.165) is 54.2 Å². The third-order valence-corrected chi connectivity index (χ3v) is 5.45. The van der Waals surface area contributed by atoms with Crippen molar-refractivity contribution in [2.45, 2.75) is 12.6 Å². The molecule has 0 aliphatic carbocycles. The normalized spacial score (nSPS) is 17.2. The van der Waals surface area contributed by atoms with E-state index in [1.54, 1.807) is 0 Å². The first-order valence-electron chi connectivity index (χ1n) is 9.11. The van der Waals surface area contributed by atoms with Crippen LogP contribution in [0.2, 0.25) is 5.02 Å². The highest BCUT2D eigenvalue weighted by molar-refractivity contribution is 6.30. The second-order valence-corrected chi connectivity index (χ2v) is 7.41. The van der Waals surface area contributed by atoms with Crippen molar-refractivity contribution in [2.75, 3.05) is 26.2 Å². The summed E-state index contributed by atoms with van der Waals surface area (Å²) in [6.07, 6.45) is 1.84. The van der Waals surface area contributed by atoms with Crippen molar-refractivity contribution in [3.8, 4) is 0 Å². The summed E-state index contributed by atoms with van der Waals surface area (Å²) >= 11 is 6.07. The van der Waals surface area contributed by atoms with E-state index < -0.39 is 12.0 Å². The van der Waals surface area contributed by atoms with Crippen molar-refractivity contribution in [1.82, 2.24) is 14.8 Å². The van der Waals surface area contributed by atoms with Crippen LogP contribution >= 0.6 is 11.6 Å². The van der Waals surface area contributed by atoms with Gasteiger partial charge in [0, 0.05) is 60.4 Å². The molecule has 0 amide bonds. The van der Waals surface area contributed by atoms with Crippen LogP contribution in [0, 0.1) is 0 Å². The number of aliphatic carboxylic acids is 1. The van der Waals surface area contributed by atoms with Gasteiger partial charge in [0.15, 0.2) is 0 Å². The molecule has 5 nitrogen and oxygen atoms in total. The van der Waals surface area contributed by atoms with E-state index >= 15 is 0 Å². The third-order valence-electron chi connectivity index (χ3n) is 5.22. The molecule has 6 heteroatoms. The SMILES string of the molecule is O=C(O)C(c1c[nH]c2ccccc12)N1CCN(Cc2cccc(Cl)c2)CC1. The van der Waals surface area contributed by atoms with Crippen LogP contribution in [0.4, 0.5) is 0 Å². The van der Waals surface area contributed by atoms with Crippen LogP contribution in [-0.4, -0.2) is 52.0 Å². The highest BCUT2D eigenvalue weighted by Gasteiger charge is 2.32. The quantitative estimate of drug-likeness (QED) is 0.704. The number of H-pyrrole nitrogens is 1. The van der Waals surface area contributed by atoms with Gasteiger partial charge < -0.3 is 10.1 Å². The molecule has 0 saturated carbocycles. The van der Waals surface area contributed by atoms with Gasteiger partial charge in [-0.25, -0.2) is 0 Å². The Kier molecular flexibility index (Phi) is 5.16. The first kappa shape index (κ1) is 18.0. The van der Waals surface area contributed by atoms with E-state index in [9.17, 15) is 9.90 Å². The summed E-state index contributed by atoms with van der Waals surface area (Å²) in [5.41, 5.74) is 2.99. The lowest BCUT2D eigenvalue weighted by molar-refractivity contribution is -0.144. The minimum absolute atomic E-state index is 0.630. The minimum Gasteiger partial charge on any atom is -0.480 e. The molecule has 1 fully saturated rings. The van der Waals surface area contributed by atoms with Crippen LogP contribution < -0.4 is 0 Å². The molecule has 0 radical (unpaired) electrons. The zero-order chi connectivity index (χ0) is 18.8. The van der Waals surface area contributed by atoms with Gasteiger partial charge in [0.1, 0.15) is 6.04 Å². The number of carboxylic acid groups (broad SMARTS) is 1. The second-order valence-electron chi connectivity index (χ2n) is 6.97. The van der Waals surface area contributed by atoms with Gasteiger partial charge in [-0.15, -0.1) is 0 Å². The summed E-state index contributed by atoms with van der Waals surface area (Å²) in [5.74, 6) is -0.803. The molecular weight excluding hydrogens is 362 g/mol. The molecule has 1 unspecified atom stereocenters. The van der Waals surface area contributed by atoms with E-state index in [1.807, 2.05) is 48.7 Å². The zero-order valence-electron chi connectivity index (χ0n) is 14.9. The number of piperazine rings is 1. The number of rotatable bonds is 5. The van der Waals surface area contributed by atoms with E-state index in [4.69, 9.17) is 11.6 Å². The van der Waals surface area contributed by atoms with Crippen molar-refractivity contribution >= 4 is 28.5 Å². The van der Waals surface area contributed by atoms with Gasteiger partial charge in [0.25, 0.3) is 0 Å². The number of hydrogen-bond donors (Lipinski definition) is 2. The van der Waals surface area contributed by atoms with Gasteiger partial charge in [-0.05, 0) is 23.8 Å². The largest absolute Gasteiger partial charge is 0.480 e. The Morgan fingerprint density at radius 3 is 2.63 bits per heavy atom. The Bertz CT molecular complexity index is 947. The maximum absolute atomic E-state index is 12.1. The van der Waals surface area contributed by atoms with Crippen molar-refractivity contribution in [3.63, 3.8) is 0 Å². The lowest BCUT2D eigenvalue weighted by atomic mass is 10.0. The molecule has 1 aliphatic heterocycles. The summed E-state index contributed by atoms with van der Waals surface area (Å²) in [5, 5.41) is 11.6. The average molecular weight is 384 g/mol. The molecule has 1 saturated heterocycles. The summed E-state index contributed by atoms with van der Waals surface area (Å²) in [6.45, 7) is 3.94. The van der Waals surface area contributed by atoms with Gasteiger partial charge in [0.2, 0.25) is 0 Å². The Hall–Kier alpha value is -2.34. The van der Waals surface area contributed by atoms with Crippen LogP contribution in [0.25, 0.3) is 10.9 Å². The monoisotopic (exact) mass is 383 g/mol. The lowest BCUT2D eigenvalue weighted by Gasteiger charge is -2.37. The summed E-state index contributed by atoms with van der Waals surface area (Å²) in [4.78, 5) is 19.7. The molecule has 0 bridgehead atoms. The number of aromatic amines is 1. The summed E-state index contributed by atoms with van der Waals surface area (Å²) < 4.78 is 0. The Labute approximate surface area is 163 Å². The molecule has 2 N–H and O–H groups in total. The number of aromatic nitrogens is 1. The predicted molar refractivity (Wildman–Crippen MR) is 107 cm³/mol. The zero-order valence-corrected chi connectivity index (χ0v) is 15.7. The number of fused-ring (bicyclic) bond motifs is 1. The molecule has 2 aromatic carbocycles. The molecule has 3 aromatic rings. The van der Waals surface area contributed by atoms with Gasteiger partial charge in [-0.1, -0.05) is 41.9 Å². The summed E-state index contributed by atoms with van der Waals surface area (Å²) in [6, 6.07) is 15.1. The predicted octanol–water partition coefficient (Wildman–Crippen LogP) is 3.76. The average Bonchev–Trinajstić information content (AvgIpc) is 3.07. The van der Waals surface area contributed by atoms with E-state index in [1.165, 1.54) is 5.56 Å². The van der Waals surface area contributed by atoms with Crippen molar-refractivity contribution in [2.24, 2.45) is 0 Å². The molecule has 1 aliphatic rings. The minimum atomic E-state index is -0.803. The van der Waals surface area contributed by atoms with Gasteiger partial charge in [0.05, 0.1) is 0 Å². The molecule has 1 atom stereocenters. The van der Waals surface area contributed by atoms with Crippen molar-refractivity contribution in [1.29, 1.82) is 0 Å². The van der Waals surface area contributed by atoms with Crippen LogP contribution in [-0.2, 0) is 11.3 Å². The maximum Gasteiger partial charge on any atom is 0.325 e. The van der Waals surface area contributed by atoms with E-state index in [2.05, 4.69) is 20.9 Å². The number of hydrogen-bond acceptors (Lipinski definition) is 3. The van der Waals surface area contributed by atoms with Crippen molar-refractivity contribution in [3.05, 3.63) is 70.9 Å². The number of carboxylic acids is 1. The fourth-order valence-electron chi connectivity index (χ4n) is 3.88. The number of halogens is 1. The van der Waals surface area contributed by atoms with Crippen LogP contribution in [0.15, 0.2) is 54.7 Å².